The maximum atomic E-state index is 12.2. The fourth-order valence-electron chi connectivity index (χ4n) is 2.30. The van der Waals surface area contributed by atoms with Crippen molar-refractivity contribution in [2.24, 2.45) is 0 Å². The third-order valence-corrected chi connectivity index (χ3v) is 3.60. The Bertz CT molecular complexity index is 740. The Morgan fingerprint density at radius 2 is 1.84 bits per heavy atom. The number of anilines is 1. The molecule has 6 heteroatoms. The van der Waals surface area contributed by atoms with Gasteiger partial charge in [0, 0.05) is 12.5 Å². The molecule has 0 unspecified atom stereocenters. The van der Waals surface area contributed by atoms with Gasteiger partial charge in [0.2, 0.25) is 5.91 Å². The number of carboxylic acids is 1. The summed E-state index contributed by atoms with van der Waals surface area (Å²) in [6, 6.07) is 11.7. The zero-order valence-corrected chi connectivity index (χ0v) is 14.2. The van der Waals surface area contributed by atoms with Gasteiger partial charge in [0.15, 0.2) is 0 Å². The van der Waals surface area contributed by atoms with E-state index in [-0.39, 0.29) is 17.9 Å². The number of rotatable bonds is 8. The number of hydrogen-bond donors (Lipinski definition) is 2. The van der Waals surface area contributed by atoms with E-state index < -0.39 is 5.97 Å². The standard InChI is InChI=1S/C19H21NO5/c1-3-25-17-10-9-15(24-2)12-16(17)20-18(21)11-6-13-4-7-14(8-5-13)19(22)23/h4-5,7-10,12H,3,6,11H2,1-2H3,(H,20,21)(H,22,23). The van der Waals surface area contributed by atoms with Crippen LogP contribution in [0, 0.1) is 0 Å². The van der Waals surface area contributed by atoms with Crippen molar-refractivity contribution >= 4 is 17.6 Å². The second kappa shape index (κ2) is 8.73. The average Bonchev–Trinajstić information content (AvgIpc) is 2.62. The Balaban J connectivity index is 1.98. The van der Waals surface area contributed by atoms with E-state index in [2.05, 4.69) is 5.32 Å². The molecule has 132 valence electrons. The Hall–Kier alpha value is -3.02. The molecule has 0 aliphatic carbocycles. The van der Waals surface area contributed by atoms with Crippen LogP contribution in [0.1, 0.15) is 29.3 Å². The highest BCUT2D eigenvalue weighted by Gasteiger charge is 2.10. The number of carboxylic acid groups (broad SMARTS) is 1. The topological polar surface area (TPSA) is 84.9 Å². The second-order valence-corrected chi connectivity index (χ2v) is 5.35. The molecule has 0 atom stereocenters. The fraction of sp³-hybridized carbons (Fsp3) is 0.263. The fourth-order valence-corrected chi connectivity index (χ4v) is 2.30. The van der Waals surface area contributed by atoms with Crippen molar-refractivity contribution in [1.29, 1.82) is 0 Å². The number of carbonyl (C=O) groups is 2. The van der Waals surface area contributed by atoms with Crippen molar-refractivity contribution in [3.05, 3.63) is 53.6 Å². The second-order valence-electron chi connectivity index (χ2n) is 5.35. The van der Waals surface area contributed by atoms with E-state index in [4.69, 9.17) is 14.6 Å². The maximum Gasteiger partial charge on any atom is 0.335 e. The minimum Gasteiger partial charge on any atom is -0.497 e. The predicted molar refractivity (Wildman–Crippen MR) is 94.5 cm³/mol. The zero-order valence-electron chi connectivity index (χ0n) is 14.2. The van der Waals surface area contributed by atoms with Crippen molar-refractivity contribution in [2.75, 3.05) is 19.0 Å². The highest BCUT2D eigenvalue weighted by Crippen LogP contribution is 2.29. The molecular weight excluding hydrogens is 322 g/mol. The lowest BCUT2D eigenvalue weighted by molar-refractivity contribution is -0.116. The van der Waals surface area contributed by atoms with E-state index >= 15 is 0 Å². The van der Waals surface area contributed by atoms with Gasteiger partial charge in [0.25, 0.3) is 0 Å². The average molecular weight is 343 g/mol. The summed E-state index contributed by atoms with van der Waals surface area (Å²) in [4.78, 5) is 23.0. The van der Waals surface area contributed by atoms with E-state index in [1.807, 2.05) is 6.92 Å². The normalized spacial score (nSPS) is 10.2. The molecule has 1 amide bonds. The highest BCUT2D eigenvalue weighted by molar-refractivity contribution is 5.92. The van der Waals surface area contributed by atoms with Crippen LogP contribution in [0.15, 0.2) is 42.5 Å². The number of amides is 1. The Kier molecular flexibility index (Phi) is 6.39. The van der Waals surface area contributed by atoms with E-state index in [1.54, 1.807) is 37.4 Å². The highest BCUT2D eigenvalue weighted by atomic mass is 16.5. The van der Waals surface area contributed by atoms with Crippen LogP contribution in [-0.2, 0) is 11.2 Å². The number of nitrogens with one attached hydrogen (secondary N) is 1. The minimum absolute atomic E-state index is 0.156. The van der Waals surface area contributed by atoms with Crippen LogP contribution in [0.2, 0.25) is 0 Å². The first kappa shape index (κ1) is 18.3. The van der Waals surface area contributed by atoms with Gasteiger partial charge < -0.3 is 19.9 Å². The number of aryl methyl sites for hydroxylation is 1. The molecule has 0 saturated heterocycles. The molecule has 0 spiro atoms. The molecule has 2 aromatic carbocycles. The van der Waals surface area contributed by atoms with Crippen LogP contribution in [-0.4, -0.2) is 30.7 Å². The molecule has 0 heterocycles. The molecule has 0 aliphatic heterocycles. The molecule has 0 bridgehead atoms. The number of methoxy groups -OCH3 is 1. The van der Waals surface area contributed by atoms with Crippen LogP contribution in [0.5, 0.6) is 11.5 Å². The van der Waals surface area contributed by atoms with Gasteiger partial charge in [-0.1, -0.05) is 12.1 Å². The summed E-state index contributed by atoms with van der Waals surface area (Å²) in [5, 5.41) is 11.7. The van der Waals surface area contributed by atoms with Crippen molar-refractivity contribution in [3.63, 3.8) is 0 Å². The molecular formula is C19H21NO5. The van der Waals surface area contributed by atoms with Crippen LogP contribution < -0.4 is 14.8 Å². The van der Waals surface area contributed by atoms with E-state index in [9.17, 15) is 9.59 Å². The number of ether oxygens (including phenoxy) is 2. The van der Waals surface area contributed by atoms with Gasteiger partial charge in [-0.25, -0.2) is 4.79 Å². The summed E-state index contributed by atoms with van der Waals surface area (Å²) >= 11 is 0. The first-order valence-electron chi connectivity index (χ1n) is 7.96. The van der Waals surface area contributed by atoms with Crippen molar-refractivity contribution in [3.8, 4) is 11.5 Å². The maximum absolute atomic E-state index is 12.2. The third-order valence-electron chi connectivity index (χ3n) is 3.60. The van der Waals surface area contributed by atoms with Gasteiger partial charge in [-0.15, -0.1) is 0 Å². The van der Waals surface area contributed by atoms with Crippen molar-refractivity contribution in [1.82, 2.24) is 0 Å². The molecule has 6 nitrogen and oxygen atoms in total. The summed E-state index contributed by atoms with van der Waals surface area (Å²) in [6.07, 6.45) is 0.787. The summed E-state index contributed by atoms with van der Waals surface area (Å²) in [5.74, 6) is 0.0905. The van der Waals surface area contributed by atoms with Gasteiger partial charge in [0.05, 0.1) is 25.0 Å². The van der Waals surface area contributed by atoms with Gasteiger partial charge in [-0.3, -0.25) is 4.79 Å². The number of benzene rings is 2. The summed E-state index contributed by atoms with van der Waals surface area (Å²) in [7, 11) is 1.56. The minimum atomic E-state index is -0.967. The SMILES string of the molecule is CCOc1ccc(OC)cc1NC(=O)CCc1ccc(C(=O)O)cc1. The van der Waals surface area contributed by atoms with E-state index in [0.717, 1.165) is 5.56 Å². The van der Waals surface area contributed by atoms with Gasteiger partial charge >= 0.3 is 5.97 Å². The van der Waals surface area contributed by atoms with Crippen LogP contribution >= 0.6 is 0 Å². The van der Waals surface area contributed by atoms with E-state index in [1.165, 1.54) is 12.1 Å². The third kappa shape index (κ3) is 5.24. The lowest BCUT2D eigenvalue weighted by Crippen LogP contribution is -2.13. The van der Waals surface area contributed by atoms with E-state index in [0.29, 0.717) is 30.2 Å². The smallest absolute Gasteiger partial charge is 0.335 e. The predicted octanol–water partition coefficient (Wildman–Crippen LogP) is 3.36. The molecule has 0 radical (unpaired) electrons. The van der Waals surface area contributed by atoms with Crippen LogP contribution in [0.25, 0.3) is 0 Å². The van der Waals surface area contributed by atoms with Crippen LogP contribution in [0.3, 0.4) is 0 Å². The first-order chi connectivity index (χ1) is 12.0. The summed E-state index contributed by atoms with van der Waals surface area (Å²) in [6.45, 7) is 2.36. The summed E-state index contributed by atoms with van der Waals surface area (Å²) < 4.78 is 10.7. The molecule has 2 aromatic rings. The lowest BCUT2D eigenvalue weighted by atomic mass is 10.1. The van der Waals surface area contributed by atoms with Gasteiger partial charge in [-0.05, 0) is 43.2 Å². The number of carbonyl (C=O) groups excluding carboxylic acids is 1. The van der Waals surface area contributed by atoms with Gasteiger partial charge in [-0.2, -0.15) is 0 Å². The Morgan fingerprint density at radius 1 is 1.12 bits per heavy atom. The molecule has 0 saturated carbocycles. The molecule has 0 fully saturated rings. The molecule has 0 aliphatic rings. The quantitative estimate of drug-likeness (QED) is 0.768. The zero-order chi connectivity index (χ0) is 18.2. The first-order valence-corrected chi connectivity index (χ1v) is 7.96. The number of aromatic carboxylic acids is 1. The van der Waals surface area contributed by atoms with Crippen molar-refractivity contribution in [2.45, 2.75) is 19.8 Å². The molecule has 2 N–H and O–H groups in total. The largest absolute Gasteiger partial charge is 0.497 e. The molecule has 0 aromatic heterocycles. The molecule has 2 rings (SSSR count). The number of hydrogen-bond acceptors (Lipinski definition) is 4. The summed E-state index contributed by atoms with van der Waals surface area (Å²) in [5.41, 5.74) is 1.69. The lowest BCUT2D eigenvalue weighted by Gasteiger charge is -2.13. The molecule has 25 heavy (non-hydrogen) atoms. The Labute approximate surface area is 146 Å². The Morgan fingerprint density at radius 3 is 2.44 bits per heavy atom. The van der Waals surface area contributed by atoms with Crippen LogP contribution in [0.4, 0.5) is 5.69 Å². The van der Waals surface area contributed by atoms with Crippen molar-refractivity contribution < 1.29 is 24.2 Å². The van der Waals surface area contributed by atoms with Gasteiger partial charge in [0.1, 0.15) is 11.5 Å². The monoisotopic (exact) mass is 343 g/mol.